The number of hydrogen-bond acceptors (Lipinski definition) is 3. The van der Waals surface area contributed by atoms with Gasteiger partial charge in [-0.2, -0.15) is 0 Å². The maximum absolute atomic E-state index is 13.4. The first-order valence-electron chi connectivity index (χ1n) is 11.1. The molecule has 1 aromatic carbocycles. The van der Waals surface area contributed by atoms with Crippen molar-refractivity contribution in [3.8, 4) is 0 Å². The number of pyridine rings is 3. The Hall–Kier alpha value is -3.21. The van der Waals surface area contributed by atoms with Crippen molar-refractivity contribution in [3.05, 3.63) is 87.2 Å². The Morgan fingerprint density at radius 2 is 1.61 bits per heavy atom. The van der Waals surface area contributed by atoms with Crippen LogP contribution in [0.2, 0.25) is 0 Å². The Labute approximate surface area is 181 Å². The Morgan fingerprint density at radius 3 is 2.39 bits per heavy atom. The second-order valence-electron chi connectivity index (χ2n) is 8.95. The third-order valence-electron chi connectivity index (χ3n) is 7.06. The zero-order chi connectivity index (χ0) is 21.5. The van der Waals surface area contributed by atoms with Crippen LogP contribution in [0.3, 0.4) is 0 Å². The summed E-state index contributed by atoms with van der Waals surface area (Å²) in [6.45, 7) is 5.00. The van der Waals surface area contributed by atoms with Gasteiger partial charge in [0.1, 0.15) is 0 Å². The predicted molar refractivity (Wildman–Crippen MR) is 125 cm³/mol. The molecule has 31 heavy (non-hydrogen) atoms. The van der Waals surface area contributed by atoms with E-state index in [0.717, 1.165) is 18.4 Å². The van der Waals surface area contributed by atoms with Gasteiger partial charge in [0.15, 0.2) is 0 Å². The standard InChI is InChI=1S/C26H27N3O2/c1-17-7-6-10-24(18(17)2)29-14-12-23-21(26(29)31)15-20-22(27-23)11-13-28(25(20)30)16-19-8-4-3-5-9-19/h3-5,8-9,11-15,17-18,24H,6-7,10,16H2,1-2H3/t17-,18-,24-/m1/s1. The van der Waals surface area contributed by atoms with Gasteiger partial charge in [0.2, 0.25) is 0 Å². The maximum Gasteiger partial charge on any atom is 0.260 e. The number of fused-ring (bicyclic) bond motifs is 2. The molecule has 1 aliphatic rings. The monoisotopic (exact) mass is 413 g/mol. The Balaban J connectivity index is 1.63. The summed E-state index contributed by atoms with van der Waals surface area (Å²) in [7, 11) is 0. The van der Waals surface area contributed by atoms with Gasteiger partial charge < -0.3 is 9.13 Å². The molecule has 3 atom stereocenters. The zero-order valence-electron chi connectivity index (χ0n) is 18.0. The van der Waals surface area contributed by atoms with Crippen LogP contribution in [0.5, 0.6) is 0 Å². The highest BCUT2D eigenvalue weighted by Crippen LogP contribution is 2.37. The Morgan fingerprint density at radius 1 is 0.903 bits per heavy atom. The van der Waals surface area contributed by atoms with Crippen molar-refractivity contribution in [2.45, 2.75) is 45.7 Å². The number of rotatable bonds is 3. The van der Waals surface area contributed by atoms with E-state index < -0.39 is 0 Å². The van der Waals surface area contributed by atoms with Gasteiger partial charge in [-0.15, -0.1) is 0 Å². The van der Waals surface area contributed by atoms with E-state index in [1.54, 1.807) is 16.8 Å². The van der Waals surface area contributed by atoms with Crippen molar-refractivity contribution in [1.82, 2.24) is 14.1 Å². The first-order valence-corrected chi connectivity index (χ1v) is 11.1. The van der Waals surface area contributed by atoms with E-state index in [-0.39, 0.29) is 17.2 Å². The summed E-state index contributed by atoms with van der Waals surface area (Å²) in [5, 5.41) is 1.01. The minimum Gasteiger partial charge on any atom is -0.312 e. The van der Waals surface area contributed by atoms with E-state index in [1.807, 2.05) is 53.2 Å². The van der Waals surface area contributed by atoms with Crippen LogP contribution in [0, 0.1) is 11.8 Å². The summed E-state index contributed by atoms with van der Waals surface area (Å²) in [6, 6.07) is 15.6. The number of benzene rings is 1. The first-order chi connectivity index (χ1) is 15.0. The van der Waals surface area contributed by atoms with Gasteiger partial charge in [0.25, 0.3) is 11.1 Å². The van der Waals surface area contributed by atoms with Crippen molar-refractivity contribution >= 4 is 21.8 Å². The van der Waals surface area contributed by atoms with Crippen LogP contribution in [-0.2, 0) is 6.54 Å². The van der Waals surface area contributed by atoms with E-state index >= 15 is 0 Å². The summed E-state index contributed by atoms with van der Waals surface area (Å²) in [4.78, 5) is 31.2. The molecule has 3 aromatic heterocycles. The van der Waals surface area contributed by atoms with Gasteiger partial charge in [-0.1, -0.05) is 57.0 Å². The van der Waals surface area contributed by atoms with Gasteiger partial charge in [0.05, 0.1) is 28.4 Å². The lowest BCUT2D eigenvalue weighted by Gasteiger charge is -2.35. The van der Waals surface area contributed by atoms with Gasteiger partial charge >= 0.3 is 0 Å². The predicted octanol–water partition coefficient (Wildman–Crippen LogP) is 4.76. The summed E-state index contributed by atoms with van der Waals surface area (Å²) in [5.74, 6) is 1.04. The lowest BCUT2D eigenvalue weighted by Crippen LogP contribution is -2.33. The molecule has 0 N–H and O–H groups in total. The molecule has 0 aliphatic heterocycles. The minimum absolute atomic E-state index is 0.0456. The second-order valence-corrected chi connectivity index (χ2v) is 8.95. The third-order valence-corrected chi connectivity index (χ3v) is 7.06. The molecule has 5 rings (SSSR count). The largest absolute Gasteiger partial charge is 0.312 e. The SMILES string of the molecule is C[C@@H]1[C@H](C)CCC[C@H]1n1ccc2nc3ccn(Cc4ccccc4)c(=O)c3cc2c1=O. The zero-order valence-corrected chi connectivity index (χ0v) is 18.0. The second kappa shape index (κ2) is 7.80. The van der Waals surface area contributed by atoms with Crippen molar-refractivity contribution in [3.63, 3.8) is 0 Å². The van der Waals surface area contributed by atoms with E-state index in [0.29, 0.717) is 40.2 Å². The van der Waals surface area contributed by atoms with Crippen LogP contribution in [-0.4, -0.2) is 14.1 Å². The molecule has 0 amide bonds. The molecule has 1 fully saturated rings. The molecule has 0 unspecified atom stereocenters. The normalized spacial score (nSPS) is 21.5. The highest BCUT2D eigenvalue weighted by Gasteiger charge is 2.29. The maximum atomic E-state index is 13.4. The molecule has 3 heterocycles. The average Bonchev–Trinajstić information content (AvgIpc) is 2.78. The summed E-state index contributed by atoms with van der Waals surface area (Å²) >= 11 is 0. The molecule has 5 nitrogen and oxygen atoms in total. The highest BCUT2D eigenvalue weighted by molar-refractivity contribution is 5.91. The van der Waals surface area contributed by atoms with Crippen LogP contribution in [0.4, 0.5) is 0 Å². The van der Waals surface area contributed by atoms with Crippen molar-refractivity contribution < 1.29 is 0 Å². The Kier molecular flexibility index (Phi) is 4.97. The minimum atomic E-state index is -0.120. The fourth-order valence-corrected chi connectivity index (χ4v) is 4.99. The van der Waals surface area contributed by atoms with Gasteiger partial charge in [-0.05, 0) is 42.0 Å². The van der Waals surface area contributed by atoms with E-state index in [4.69, 9.17) is 0 Å². The molecule has 158 valence electrons. The van der Waals surface area contributed by atoms with Crippen molar-refractivity contribution in [2.75, 3.05) is 0 Å². The van der Waals surface area contributed by atoms with E-state index in [9.17, 15) is 9.59 Å². The van der Waals surface area contributed by atoms with Gasteiger partial charge in [0, 0.05) is 18.4 Å². The molecule has 5 heteroatoms. The molecule has 0 saturated heterocycles. The summed E-state index contributed by atoms with van der Waals surface area (Å²) in [5.41, 5.74) is 2.16. The molecule has 1 saturated carbocycles. The molecule has 0 bridgehead atoms. The molecular weight excluding hydrogens is 386 g/mol. The van der Waals surface area contributed by atoms with Crippen LogP contribution < -0.4 is 11.1 Å². The highest BCUT2D eigenvalue weighted by atomic mass is 16.1. The molecule has 4 aromatic rings. The molecule has 0 spiro atoms. The first kappa shape index (κ1) is 19.7. The van der Waals surface area contributed by atoms with Crippen molar-refractivity contribution in [1.29, 1.82) is 0 Å². The van der Waals surface area contributed by atoms with Crippen molar-refractivity contribution in [2.24, 2.45) is 11.8 Å². The van der Waals surface area contributed by atoms with E-state index in [1.165, 1.54) is 6.42 Å². The average molecular weight is 414 g/mol. The topological polar surface area (TPSA) is 56.9 Å². The molecular formula is C26H27N3O2. The fraction of sp³-hybridized carbons (Fsp3) is 0.346. The van der Waals surface area contributed by atoms with E-state index in [2.05, 4.69) is 18.8 Å². The van der Waals surface area contributed by atoms with Crippen LogP contribution in [0.1, 0.15) is 44.7 Å². The van der Waals surface area contributed by atoms with Crippen LogP contribution in [0.25, 0.3) is 21.8 Å². The summed E-state index contributed by atoms with van der Waals surface area (Å²) in [6.07, 6.45) is 7.04. The van der Waals surface area contributed by atoms with Crippen LogP contribution >= 0.6 is 0 Å². The smallest absolute Gasteiger partial charge is 0.260 e. The lowest BCUT2D eigenvalue weighted by molar-refractivity contribution is 0.183. The van der Waals surface area contributed by atoms with Gasteiger partial charge in [-0.3, -0.25) is 9.59 Å². The molecule has 0 radical (unpaired) electrons. The number of aromatic nitrogens is 3. The fourth-order valence-electron chi connectivity index (χ4n) is 4.99. The van der Waals surface area contributed by atoms with Crippen LogP contribution in [0.15, 0.2) is 70.5 Å². The lowest BCUT2D eigenvalue weighted by atomic mass is 9.78. The number of nitrogens with zero attached hydrogens (tertiary/aromatic N) is 3. The molecule has 1 aliphatic carbocycles. The number of hydrogen-bond donors (Lipinski definition) is 0. The third kappa shape index (κ3) is 3.48. The summed E-state index contributed by atoms with van der Waals surface area (Å²) < 4.78 is 3.55. The van der Waals surface area contributed by atoms with Gasteiger partial charge in [-0.25, -0.2) is 4.98 Å². The Bertz CT molecular complexity index is 1370. The quantitative estimate of drug-likeness (QED) is 0.455.